The van der Waals surface area contributed by atoms with Crippen LogP contribution in [0.2, 0.25) is 0 Å². The molecule has 4 nitrogen and oxygen atoms in total. The average Bonchev–Trinajstić information content (AvgIpc) is 3.30. The van der Waals surface area contributed by atoms with E-state index in [4.69, 9.17) is 4.74 Å². The molecule has 0 spiro atoms. The predicted molar refractivity (Wildman–Crippen MR) is 84.3 cm³/mol. The first-order valence-electron chi connectivity index (χ1n) is 7.88. The lowest BCUT2D eigenvalue weighted by Crippen LogP contribution is -2.41. The SMILES string of the molecule is CCC(C)NC(=O)C(C)Oc1ccccc1CNC1CC1. The minimum absolute atomic E-state index is 0.0608. The molecule has 1 aromatic rings. The van der Waals surface area contributed by atoms with Crippen molar-refractivity contribution >= 4 is 5.91 Å². The Kier molecular flexibility index (Phi) is 5.62. The summed E-state index contributed by atoms with van der Waals surface area (Å²) in [5.74, 6) is 0.728. The van der Waals surface area contributed by atoms with Crippen molar-refractivity contribution in [3.05, 3.63) is 29.8 Å². The number of hydrogen-bond donors (Lipinski definition) is 2. The summed E-state index contributed by atoms with van der Waals surface area (Å²) in [5, 5.41) is 6.43. The van der Waals surface area contributed by atoms with E-state index >= 15 is 0 Å². The Labute approximate surface area is 127 Å². The standard InChI is InChI=1S/C17H26N2O2/c1-4-12(2)19-17(20)13(3)21-16-8-6-5-7-14(16)11-18-15-9-10-15/h5-8,12-13,15,18H,4,9-11H2,1-3H3,(H,19,20). The van der Waals surface area contributed by atoms with Crippen molar-refractivity contribution in [1.82, 2.24) is 10.6 Å². The van der Waals surface area contributed by atoms with Crippen LogP contribution in [0.3, 0.4) is 0 Å². The Morgan fingerprint density at radius 3 is 2.71 bits per heavy atom. The van der Waals surface area contributed by atoms with Crippen molar-refractivity contribution in [2.75, 3.05) is 0 Å². The summed E-state index contributed by atoms with van der Waals surface area (Å²) in [7, 11) is 0. The maximum atomic E-state index is 12.1. The summed E-state index contributed by atoms with van der Waals surface area (Å²) in [5.41, 5.74) is 1.10. The number of rotatable bonds is 8. The molecule has 1 amide bonds. The fourth-order valence-corrected chi connectivity index (χ4v) is 2.01. The van der Waals surface area contributed by atoms with Gasteiger partial charge in [-0.15, -0.1) is 0 Å². The molecule has 1 fully saturated rings. The highest BCUT2D eigenvalue weighted by molar-refractivity contribution is 5.81. The van der Waals surface area contributed by atoms with E-state index in [9.17, 15) is 4.79 Å². The van der Waals surface area contributed by atoms with Crippen LogP contribution < -0.4 is 15.4 Å². The largest absolute Gasteiger partial charge is 0.481 e. The number of hydrogen-bond acceptors (Lipinski definition) is 3. The van der Waals surface area contributed by atoms with E-state index in [0.717, 1.165) is 24.3 Å². The summed E-state index contributed by atoms with van der Waals surface area (Å²) >= 11 is 0. The van der Waals surface area contributed by atoms with Crippen molar-refractivity contribution in [2.24, 2.45) is 0 Å². The van der Waals surface area contributed by atoms with E-state index in [-0.39, 0.29) is 11.9 Å². The number of benzene rings is 1. The van der Waals surface area contributed by atoms with Gasteiger partial charge in [-0.1, -0.05) is 25.1 Å². The van der Waals surface area contributed by atoms with Crippen LogP contribution in [0.15, 0.2) is 24.3 Å². The van der Waals surface area contributed by atoms with E-state index < -0.39 is 6.10 Å². The molecule has 0 saturated heterocycles. The maximum absolute atomic E-state index is 12.1. The van der Waals surface area contributed by atoms with Gasteiger partial charge in [-0.3, -0.25) is 4.79 Å². The minimum atomic E-state index is -0.485. The van der Waals surface area contributed by atoms with Crippen molar-refractivity contribution in [3.63, 3.8) is 0 Å². The van der Waals surface area contributed by atoms with Gasteiger partial charge in [-0.2, -0.15) is 0 Å². The molecule has 1 saturated carbocycles. The van der Waals surface area contributed by atoms with Gasteiger partial charge in [0.05, 0.1) is 0 Å². The lowest BCUT2D eigenvalue weighted by Gasteiger charge is -2.19. The zero-order valence-corrected chi connectivity index (χ0v) is 13.2. The Morgan fingerprint density at radius 1 is 1.33 bits per heavy atom. The molecule has 0 radical (unpaired) electrons. The van der Waals surface area contributed by atoms with Crippen LogP contribution in [0.1, 0.15) is 45.6 Å². The zero-order valence-electron chi connectivity index (χ0n) is 13.2. The van der Waals surface area contributed by atoms with E-state index in [1.165, 1.54) is 12.8 Å². The van der Waals surface area contributed by atoms with Crippen LogP contribution in [0, 0.1) is 0 Å². The van der Waals surface area contributed by atoms with Crippen molar-refractivity contribution in [3.8, 4) is 5.75 Å². The van der Waals surface area contributed by atoms with Crippen LogP contribution in [0.4, 0.5) is 0 Å². The highest BCUT2D eigenvalue weighted by Gasteiger charge is 2.21. The molecule has 1 aliphatic rings. The molecule has 0 heterocycles. The van der Waals surface area contributed by atoms with Crippen LogP contribution in [0.25, 0.3) is 0 Å². The van der Waals surface area contributed by atoms with Gasteiger partial charge in [0.25, 0.3) is 5.91 Å². The van der Waals surface area contributed by atoms with Crippen LogP contribution >= 0.6 is 0 Å². The van der Waals surface area contributed by atoms with Gasteiger partial charge >= 0.3 is 0 Å². The molecule has 1 aromatic carbocycles. The molecule has 2 N–H and O–H groups in total. The Morgan fingerprint density at radius 2 is 2.05 bits per heavy atom. The summed E-state index contributed by atoms with van der Waals surface area (Å²) in [6.45, 7) is 6.64. The van der Waals surface area contributed by atoms with Gasteiger partial charge in [0, 0.05) is 24.2 Å². The molecule has 0 bridgehead atoms. The van der Waals surface area contributed by atoms with Gasteiger partial charge < -0.3 is 15.4 Å². The zero-order chi connectivity index (χ0) is 15.2. The summed E-state index contributed by atoms with van der Waals surface area (Å²) in [6, 6.07) is 8.75. The fourth-order valence-electron chi connectivity index (χ4n) is 2.01. The first-order valence-corrected chi connectivity index (χ1v) is 7.88. The fraction of sp³-hybridized carbons (Fsp3) is 0.588. The maximum Gasteiger partial charge on any atom is 0.260 e. The number of carbonyl (C=O) groups excluding carboxylic acids is 1. The van der Waals surface area contributed by atoms with Gasteiger partial charge in [-0.05, 0) is 39.2 Å². The van der Waals surface area contributed by atoms with Gasteiger partial charge in [-0.25, -0.2) is 0 Å². The normalized spacial score (nSPS) is 17.1. The number of nitrogens with one attached hydrogen (secondary N) is 2. The predicted octanol–water partition coefficient (Wildman–Crippen LogP) is 2.62. The second-order valence-corrected chi connectivity index (χ2v) is 5.84. The summed E-state index contributed by atoms with van der Waals surface area (Å²) in [4.78, 5) is 12.1. The number of carbonyl (C=O) groups is 1. The second kappa shape index (κ2) is 7.46. The van der Waals surface area contributed by atoms with Crippen molar-refractivity contribution < 1.29 is 9.53 Å². The molecule has 2 rings (SSSR count). The first-order chi connectivity index (χ1) is 10.1. The van der Waals surface area contributed by atoms with E-state index in [1.54, 1.807) is 6.92 Å². The molecule has 0 aliphatic heterocycles. The van der Waals surface area contributed by atoms with Crippen molar-refractivity contribution in [2.45, 2.75) is 64.8 Å². The van der Waals surface area contributed by atoms with Crippen molar-refractivity contribution in [1.29, 1.82) is 0 Å². The molecule has 2 unspecified atom stereocenters. The highest BCUT2D eigenvalue weighted by atomic mass is 16.5. The quantitative estimate of drug-likeness (QED) is 0.774. The molecule has 1 aliphatic carbocycles. The van der Waals surface area contributed by atoms with Crippen LogP contribution in [0.5, 0.6) is 5.75 Å². The molecule has 4 heteroatoms. The van der Waals surface area contributed by atoms with Gasteiger partial charge in [0.15, 0.2) is 6.10 Å². The van der Waals surface area contributed by atoms with Crippen LogP contribution in [-0.4, -0.2) is 24.1 Å². The van der Waals surface area contributed by atoms with Gasteiger partial charge in [0.2, 0.25) is 0 Å². The molecule has 116 valence electrons. The highest BCUT2D eigenvalue weighted by Crippen LogP contribution is 2.23. The summed E-state index contributed by atoms with van der Waals surface area (Å²) in [6.07, 6.45) is 2.95. The molecule has 21 heavy (non-hydrogen) atoms. The molecule has 2 atom stereocenters. The van der Waals surface area contributed by atoms with E-state index in [1.807, 2.05) is 31.2 Å². The Bertz CT molecular complexity index is 472. The minimum Gasteiger partial charge on any atom is -0.481 e. The summed E-state index contributed by atoms with van der Waals surface area (Å²) < 4.78 is 5.85. The second-order valence-electron chi connectivity index (χ2n) is 5.84. The third kappa shape index (κ3) is 5.05. The number of amides is 1. The van der Waals surface area contributed by atoms with Crippen LogP contribution in [-0.2, 0) is 11.3 Å². The Hall–Kier alpha value is -1.55. The first kappa shape index (κ1) is 15.8. The van der Waals surface area contributed by atoms with Gasteiger partial charge in [0.1, 0.15) is 5.75 Å². The third-order valence-corrected chi connectivity index (χ3v) is 3.81. The average molecular weight is 290 g/mol. The molecular weight excluding hydrogens is 264 g/mol. The van der Waals surface area contributed by atoms with E-state index in [2.05, 4.69) is 17.6 Å². The molecule has 0 aromatic heterocycles. The lowest BCUT2D eigenvalue weighted by molar-refractivity contribution is -0.127. The smallest absolute Gasteiger partial charge is 0.260 e. The third-order valence-electron chi connectivity index (χ3n) is 3.81. The monoisotopic (exact) mass is 290 g/mol. The topological polar surface area (TPSA) is 50.4 Å². The number of ether oxygens (including phenoxy) is 1. The Balaban J connectivity index is 1.92. The lowest BCUT2D eigenvalue weighted by atomic mass is 10.2. The van der Waals surface area contributed by atoms with E-state index in [0.29, 0.717) is 6.04 Å². The molecular formula is C17H26N2O2. The number of para-hydroxylation sites is 1.